The predicted octanol–water partition coefficient (Wildman–Crippen LogP) is 2.39. The van der Waals surface area contributed by atoms with Gasteiger partial charge in [0.15, 0.2) is 0 Å². The second-order valence-electron chi connectivity index (χ2n) is 6.53. The van der Waals surface area contributed by atoms with Gasteiger partial charge in [0.2, 0.25) is 0 Å². The lowest BCUT2D eigenvalue weighted by atomic mass is 9.96. The Labute approximate surface area is 143 Å². The van der Waals surface area contributed by atoms with E-state index in [-0.39, 0.29) is 17.6 Å². The zero-order valence-corrected chi connectivity index (χ0v) is 14.5. The van der Waals surface area contributed by atoms with Crippen LogP contribution < -0.4 is 11.0 Å². The largest absolute Gasteiger partial charge is 0.345 e. The number of piperidine rings is 1. The summed E-state index contributed by atoms with van der Waals surface area (Å²) in [6.45, 7) is 1.38. The number of nitrogens with one attached hydrogen (secondary N) is 1. The number of hydrogen-bond donors (Lipinski definition) is 1. The molecule has 0 bridgehead atoms. The average Bonchev–Trinajstić information content (AvgIpc) is 3.21. The minimum Gasteiger partial charge on any atom is -0.324 e. The molecule has 4 rings (SSSR count). The number of aromatic nitrogens is 3. The van der Waals surface area contributed by atoms with E-state index in [1.54, 1.807) is 7.05 Å². The van der Waals surface area contributed by atoms with E-state index in [1.165, 1.54) is 16.0 Å². The fraction of sp³-hybridized carbons (Fsp3) is 0.562. The molecule has 0 radical (unpaired) electrons. The lowest BCUT2D eigenvalue weighted by Crippen LogP contribution is -2.41. The van der Waals surface area contributed by atoms with Crippen LogP contribution in [0.25, 0.3) is 0 Å². The maximum absolute atomic E-state index is 12.3. The minimum atomic E-state index is -0.0449. The molecule has 7 nitrogen and oxygen atoms in total. The Morgan fingerprint density at radius 1 is 1.29 bits per heavy atom. The van der Waals surface area contributed by atoms with Crippen molar-refractivity contribution in [2.24, 2.45) is 7.05 Å². The van der Waals surface area contributed by atoms with Gasteiger partial charge in [-0.15, -0.1) is 11.3 Å². The van der Waals surface area contributed by atoms with Gasteiger partial charge in [-0.1, -0.05) is 0 Å². The molecule has 0 spiro atoms. The number of urea groups is 1. The smallest absolute Gasteiger partial charge is 0.324 e. The van der Waals surface area contributed by atoms with Gasteiger partial charge in [0.05, 0.1) is 5.00 Å². The van der Waals surface area contributed by atoms with Gasteiger partial charge in [0.25, 0.3) is 0 Å². The SMILES string of the molecule is Cn1nc(C2CCN(C(=O)Nc3cccs3)CC2)n(C2CC2)c1=O. The van der Waals surface area contributed by atoms with Crippen LogP contribution in [0.4, 0.5) is 9.80 Å². The van der Waals surface area contributed by atoms with E-state index in [4.69, 9.17) is 0 Å². The van der Waals surface area contributed by atoms with E-state index in [2.05, 4.69) is 10.4 Å². The molecule has 24 heavy (non-hydrogen) atoms. The summed E-state index contributed by atoms with van der Waals surface area (Å²) in [5, 5.41) is 10.2. The standard InChI is InChI=1S/C16H21N5O2S/c1-19-16(23)21(12-4-5-12)14(18-19)11-6-8-20(9-7-11)15(22)17-13-3-2-10-24-13/h2-3,10-12H,4-9H2,1H3,(H,17,22). The maximum atomic E-state index is 12.3. The molecule has 1 aliphatic heterocycles. The molecule has 1 aliphatic carbocycles. The molecule has 2 fully saturated rings. The highest BCUT2D eigenvalue weighted by Gasteiger charge is 2.34. The lowest BCUT2D eigenvalue weighted by molar-refractivity contribution is 0.193. The summed E-state index contributed by atoms with van der Waals surface area (Å²) in [5.74, 6) is 1.16. The van der Waals surface area contributed by atoms with Crippen molar-refractivity contribution >= 4 is 22.4 Å². The van der Waals surface area contributed by atoms with Gasteiger partial charge in [-0.25, -0.2) is 14.3 Å². The van der Waals surface area contributed by atoms with E-state index >= 15 is 0 Å². The van der Waals surface area contributed by atoms with Gasteiger partial charge in [-0.3, -0.25) is 9.88 Å². The lowest BCUT2D eigenvalue weighted by Gasteiger charge is -2.31. The first-order chi connectivity index (χ1) is 11.6. The number of amides is 2. The monoisotopic (exact) mass is 347 g/mol. The van der Waals surface area contributed by atoms with Crippen LogP contribution in [0.15, 0.2) is 22.3 Å². The summed E-state index contributed by atoms with van der Waals surface area (Å²) in [4.78, 5) is 26.4. The third-order valence-electron chi connectivity index (χ3n) is 4.79. The fourth-order valence-corrected chi connectivity index (χ4v) is 3.93. The molecule has 1 N–H and O–H groups in total. The number of aryl methyl sites for hydroxylation is 1. The van der Waals surface area contributed by atoms with E-state index in [0.717, 1.165) is 36.5 Å². The van der Waals surface area contributed by atoms with Crippen molar-refractivity contribution in [2.45, 2.75) is 37.6 Å². The summed E-state index contributed by atoms with van der Waals surface area (Å²) >= 11 is 1.52. The molecule has 0 unspecified atom stereocenters. The first-order valence-electron chi connectivity index (χ1n) is 8.38. The highest BCUT2D eigenvalue weighted by Crippen LogP contribution is 2.37. The normalized spacial score (nSPS) is 18.8. The molecule has 0 aromatic carbocycles. The van der Waals surface area contributed by atoms with Crippen LogP contribution in [-0.2, 0) is 7.05 Å². The average molecular weight is 347 g/mol. The Kier molecular flexibility index (Phi) is 3.91. The van der Waals surface area contributed by atoms with Crippen molar-refractivity contribution < 1.29 is 4.79 Å². The Balaban J connectivity index is 1.42. The van der Waals surface area contributed by atoms with Crippen LogP contribution in [0.1, 0.15) is 43.5 Å². The van der Waals surface area contributed by atoms with Crippen molar-refractivity contribution in [3.8, 4) is 0 Å². The number of rotatable bonds is 3. The summed E-state index contributed by atoms with van der Waals surface area (Å²) in [7, 11) is 1.72. The molecule has 3 heterocycles. The van der Waals surface area contributed by atoms with Crippen LogP contribution in [0, 0.1) is 0 Å². The maximum Gasteiger partial charge on any atom is 0.345 e. The van der Waals surface area contributed by atoms with E-state index in [0.29, 0.717) is 19.1 Å². The van der Waals surface area contributed by atoms with Crippen molar-refractivity contribution in [3.63, 3.8) is 0 Å². The molecule has 2 aromatic heterocycles. The molecule has 2 aliphatic rings. The number of nitrogens with zero attached hydrogens (tertiary/aromatic N) is 4. The van der Waals surface area contributed by atoms with Crippen LogP contribution in [0.3, 0.4) is 0 Å². The summed E-state index contributed by atoms with van der Waals surface area (Å²) in [6.07, 6.45) is 3.84. The number of hydrogen-bond acceptors (Lipinski definition) is 4. The third-order valence-corrected chi connectivity index (χ3v) is 5.58. The van der Waals surface area contributed by atoms with Crippen molar-refractivity contribution in [1.29, 1.82) is 0 Å². The van der Waals surface area contributed by atoms with Crippen LogP contribution in [0.5, 0.6) is 0 Å². The fourth-order valence-electron chi connectivity index (χ4n) is 3.33. The minimum absolute atomic E-state index is 0.00892. The second kappa shape index (κ2) is 6.08. The topological polar surface area (TPSA) is 72.2 Å². The molecule has 128 valence electrons. The Morgan fingerprint density at radius 3 is 2.67 bits per heavy atom. The number of thiophene rings is 1. The van der Waals surface area contributed by atoms with Gasteiger partial charge < -0.3 is 4.90 Å². The molecule has 1 saturated carbocycles. The second-order valence-corrected chi connectivity index (χ2v) is 7.48. The number of anilines is 1. The molecular formula is C16H21N5O2S. The number of carbonyl (C=O) groups is 1. The quantitative estimate of drug-likeness (QED) is 0.927. The Morgan fingerprint density at radius 2 is 2.04 bits per heavy atom. The Hall–Kier alpha value is -2.09. The molecule has 2 aromatic rings. The van der Waals surface area contributed by atoms with Gasteiger partial charge in [0.1, 0.15) is 5.82 Å². The zero-order valence-electron chi connectivity index (χ0n) is 13.6. The van der Waals surface area contributed by atoms with Gasteiger partial charge >= 0.3 is 11.7 Å². The first kappa shape index (κ1) is 15.4. The number of carbonyl (C=O) groups excluding carboxylic acids is 1. The van der Waals surface area contributed by atoms with Crippen LogP contribution in [0.2, 0.25) is 0 Å². The van der Waals surface area contributed by atoms with Gasteiger partial charge in [0, 0.05) is 32.1 Å². The van der Waals surface area contributed by atoms with Crippen LogP contribution in [-0.4, -0.2) is 38.4 Å². The van der Waals surface area contributed by atoms with Crippen molar-refractivity contribution in [3.05, 3.63) is 33.8 Å². The van der Waals surface area contributed by atoms with E-state index < -0.39 is 0 Å². The highest BCUT2D eigenvalue weighted by atomic mass is 32.1. The van der Waals surface area contributed by atoms with E-state index in [1.807, 2.05) is 27.0 Å². The van der Waals surface area contributed by atoms with Crippen molar-refractivity contribution in [1.82, 2.24) is 19.2 Å². The summed E-state index contributed by atoms with van der Waals surface area (Å²) in [5.41, 5.74) is -0.00892. The molecule has 0 atom stereocenters. The first-order valence-corrected chi connectivity index (χ1v) is 9.26. The summed E-state index contributed by atoms with van der Waals surface area (Å²) in [6, 6.07) is 4.11. The van der Waals surface area contributed by atoms with Crippen LogP contribution >= 0.6 is 11.3 Å². The van der Waals surface area contributed by atoms with Gasteiger partial charge in [-0.2, -0.15) is 5.10 Å². The molecule has 8 heteroatoms. The van der Waals surface area contributed by atoms with Crippen molar-refractivity contribution in [2.75, 3.05) is 18.4 Å². The van der Waals surface area contributed by atoms with E-state index in [9.17, 15) is 9.59 Å². The highest BCUT2D eigenvalue weighted by molar-refractivity contribution is 7.14. The summed E-state index contributed by atoms with van der Waals surface area (Å²) < 4.78 is 3.33. The number of likely N-dealkylation sites (tertiary alicyclic amines) is 1. The Bertz CT molecular complexity index is 782. The molecular weight excluding hydrogens is 326 g/mol. The zero-order chi connectivity index (χ0) is 16.7. The third kappa shape index (κ3) is 2.86. The molecule has 1 saturated heterocycles. The van der Waals surface area contributed by atoms with Gasteiger partial charge in [-0.05, 0) is 43.2 Å². The predicted molar refractivity (Wildman–Crippen MR) is 92.6 cm³/mol. The molecule has 2 amide bonds.